The lowest BCUT2D eigenvalue weighted by Gasteiger charge is -2.09. The van der Waals surface area contributed by atoms with Crippen molar-refractivity contribution in [1.29, 1.82) is 0 Å². The zero-order chi connectivity index (χ0) is 11.0. The Bertz CT molecular complexity index is 501. The molecular weight excluding hydrogens is 252 g/mol. The monoisotopic (exact) mass is 264 g/mol. The molecule has 2 rings (SSSR count). The highest BCUT2D eigenvalue weighted by molar-refractivity contribution is 9.10. The summed E-state index contributed by atoms with van der Waals surface area (Å²) in [7, 11) is 0. The second-order valence-electron chi connectivity index (χ2n) is 3.97. The van der Waals surface area contributed by atoms with Crippen LogP contribution >= 0.6 is 15.9 Å². The van der Waals surface area contributed by atoms with E-state index in [1.807, 2.05) is 19.1 Å². The summed E-state index contributed by atoms with van der Waals surface area (Å²) in [6.45, 7) is 6.25. The molecular formula is C12H13BrN2. The van der Waals surface area contributed by atoms with E-state index < -0.39 is 0 Å². The van der Waals surface area contributed by atoms with Crippen molar-refractivity contribution in [3.8, 4) is 0 Å². The highest BCUT2D eigenvalue weighted by Gasteiger charge is 2.09. The van der Waals surface area contributed by atoms with Gasteiger partial charge in [0.2, 0.25) is 0 Å². The molecule has 0 aliphatic rings. The van der Waals surface area contributed by atoms with E-state index in [0.29, 0.717) is 5.92 Å². The molecule has 0 aliphatic carbocycles. The third-order valence-electron chi connectivity index (χ3n) is 2.35. The van der Waals surface area contributed by atoms with Gasteiger partial charge in [-0.15, -0.1) is 0 Å². The van der Waals surface area contributed by atoms with Gasteiger partial charge in [0, 0.05) is 9.86 Å². The van der Waals surface area contributed by atoms with Crippen molar-refractivity contribution >= 4 is 26.8 Å². The van der Waals surface area contributed by atoms with Crippen molar-refractivity contribution in [2.24, 2.45) is 0 Å². The molecule has 0 atom stereocenters. The Morgan fingerprint density at radius 2 is 1.93 bits per heavy atom. The van der Waals surface area contributed by atoms with Crippen molar-refractivity contribution < 1.29 is 0 Å². The largest absolute Gasteiger partial charge is 0.237 e. The maximum Gasteiger partial charge on any atom is 0.126 e. The van der Waals surface area contributed by atoms with Crippen molar-refractivity contribution in [3.05, 3.63) is 34.2 Å². The first-order valence-electron chi connectivity index (χ1n) is 5.01. The van der Waals surface area contributed by atoms with Gasteiger partial charge in [0.1, 0.15) is 5.82 Å². The quantitative estimate of drug-likeness (QED) is 0.783. The van der Waals surface area contributed by atoms with Crippen LogP contribution in [0.4, 0.5) is 0 Å². The average Bonchev–Trinajstić information content (AvgIpc) is 2.15. The summed E-state index contributed by atoms with van der Waals surface area (Å²) in [5.41, 5.74) is 2.14. The molecule has 0 fully saturated rings. The molecule has 0 unspecified atom stereocenters. The number of rotatable bonds is 1. The predicted octanol–water partition coefficient (Wildman–Crippen LogP) is 3.82. The first-order chi connectivity index (χ1) is 7.08. The maximum atomic E-state index is 4.50. The topological polar surface area (TPSA) is 25.8 Å². The first-order valence-corrected chi connectivity index (χ1v) is 5.81. The number of aromatic nitrogens is 2. The Hall–Kier alpha value is -0.960. The van der Waals surface area contributed by atoms with Crippen LogP contribution in [0.25, 0.3) is 10.9 Å². The number of hydrogen-bond donors (Lipinski definition) is 0. The van der Waals surface area contributed by atoms with Crippen LogP contribution in [0, 0.1) is 6.92 Å². The van der Waals surface area contributed by atoms with Crippen LogP contribution in [0.15, 0.2) is 22.7 Å². The number of hydrogen-bond acceptors (Lipinski definition) is 2. The minimum absolute atomic E-state index is 0.426. The van der Waals surface area contributed by atoms with Crippen LogP contribution in [-0.2, 0) is 0 Å². The van der Waals surface area contributed by atoms with Gasteiger partial charge in [-0.3, -0.25) is 0 Å². The summed E-state index contributed by atoms with van der Waals surface area (Å²) in [5.74, 6) is 1.26. The Morgan fingerprint density at radius 1 is 1.20 bits per heavy atom. The van der Waals surface area contributed by atoms with E-state index in [0.717, 1.165) is 26.9 Å². The van der Waals surface area contributed by atoms with Gasteiger partial charge >= 0.3 is 0 Å². The number of halogens is 1. The van der Waals surface area contributed by atoms with E-state index >= 15 is 0 Å². The van der Waals surface area contributed by atoms with Gasteiger partial charge in [0.15, 0.2) is 0 Å². The van der Waals surface area contributed by atoms with Gasteiger partial charge in [-0.05, 0) is 31.0 Å². The molecule has 0 spiro atoms. The molecule has 0 saturated carbocycles. The molecule has 3 heteroatoms. The molecule has 2 aromatic rings. The van der Waals surface area contributed by atoms with Crippen molar-refractivity contribution in [2.75, 3.05) is 0 Å². The van der Waals surface area contributed by atoms with E-state index in [1.165, 1.54) is 0 Å². The van der Waals surface area contributed by atoms with Crippen molar-refractivity contribution in [3.63, 3.8) is 0 Å². The highest BCUT2D eigenvalue weighted by atomic mass is 79.9. The van der Waals surface area contributed by atoms with Gasteiger partial charge in [-0.25, -0.2) is 9.97 Å². The van der Waals surface area contributed by atoms with Crippen molar-refractivity contribution in [1.82, 2.24) is 9.97 Å². The fraction of sp³-hybridized carbons (Fsp3) is 0.333. The lowest BCUT2D eigenvalue weighted by Crippen LogP contribution is -1.99. The van der Waals surface area contributed by atoms with E-state index in [1.54, 1.807) is 0 Å². The molecule has 15 heavy (non-hydrogen) atoms. The average molecular weight is 265 g/mol. The number of aryl methyl sites for hydroxylation is 1. The minimum atomic E-state index is 0.426. The number of fused-ring (bicyclic) bond motifs is 1. The molecule has 0 aliphatic heterocycles. The summed E-state index contributed by atoms with van der Waals surface area (Å²) >= 11 is 3.46. The van der Waals surface area contributed by atoms with Gasteiger partial charge in [-0.2, -0.15) is 0 Å². The smallest absolute Gasteiger partial charge is 0.126 e. The highest BCUT2D eigenvalue weighted by Crippen LogP contribution is 2.25. The summed E-state index contributed by atoms with van der Waals surface area (Å²) in [4.78, 5) is 8.94. The lowest BCUT2D eigenvalue weighted by molar-refractivity contribution is 0.817. The normalized spacial score (nSPS) is 11.3. The molecule has 78 valence electrons. The SMILES string of the molecule is Cc1nc(C(C)C)c2ccc(Br)cc2n1. The zero-order valence-electron chi connectivity index (χ0n) is 9.08. The molecule has 1 aromatic carbocycles. The minimum Gasteiger partial charge on any atom is -0.237 e. The number of benzene rings is 1. The summed E-state index contributed by atoms with van der Waals surface area (Å²) < 4.78 is 1.06. The summed E-state index contributed by atoms with van der Waals surface area (Å²) in [6.07, 6.45) is 0. The Kier molecular flexibility index (Phi) is 2.74. The molecule has 1 aromatic heterocycles. The number of nitrogens with zero attached hydrogens (tertiary/aromatic N) is 2. The van der Waals surface area contributed by atoms with E-state index in [2.05, 4.69) is 45.8 Å². The summed E-state index contributed by atoms with van der Waals surface area (Å²) in [6, 6.07) is 6.15. The lowest BCUT2D eigenvalue weighted by atomic mass is 10.0. The summed E-state index contributed by atoms with van der Waals surface area (Å²) in [5, 5.41) is 1.15. The fourth-order valence-corrected chi connectivity index (χ4v) is 2.04. The molecule has 0 bridgehead atoms. The predicted molar refractivity (Wildman–Crippen MR) is 66.1 cm³/mol. The Morgan fingerprint density at radius 3 is 2.60 bits per heavy atom. The molecule has 0 amide bonds. The molecule has 1 heterocycles. The molecule has 0 N–H and O–H groups in total. The molecule has 0 saturated heterocycles. The second-order valence-corrected chi connectivity index (χ2v) is 4.89. The second kappa shape index (κ2) is 3.89. The van der Waals surface area contributed by atoms with Crippen LogP contribution in [0.5, 0.6) is 0 Å². The van der Waals surface area contributed by atoms with Crippen LogP contribution in [0.3, 0.4) is 0 Å². The first kappa shape index (κ1) is 10.6. The third-order valence-corrected chi connectivity index (χ3v) is 2.84. The zero-order valence-corrected chi connectivity index (χ0v) is 10.7. The standard InChI is InChI=1S/C12H13BrN2/c1-7(2)12-10-5-4-9(13)6-11(10)14-8(3)15-12/h4-7H,1-3H3. The van der Waals surface area contributed by atoms with Crippen LogP contribution in [-0.4, -0.2) is 9.97 Å². The molecule has 2 nitrogen and oxygen atoms in total. The van der Waals surface area contributed by atoms with E-state index in [4.69, 9.17) is 0 Å². The van der Waals surface area contributed by atoms with Gasteiger partial charge in [0.25, 0.3) is 0 Å². The van der Waals surface area contributed by atoms with Crippen LogP contribution < -0.4 is 0 Å². The van der Waals surface area contributed by atoms with Gasteiger partial charge in [-0.1, -0.05) is 29.8 Å². The van der Waals surface area contributed by atoms with E-state index in [-0.39, 0.29) is 0 Å². The Labute approximate surface area is 97.9 Å². The van der Waals surface area contributed by atoms with Crippen molar-refractivity contribution in [2.45, 2.75) is 26.7 Å². The third kappa shape index (κ3) is 2.02. The fourth-order valence-electron chi connectivity index (χ4n) is 1.69. The van der Waals surface area contributed by atoms with E-state index in [9.17, 15) is 0 Å². The van der Waals surface area contributed by atoms with Crippen LogP contribution in [0.1, 0.15) is 31.3 Å². The maximum absolute atomic E-state index is 4.50. The molecule has 0 radical (unpaired) electrons. The van der Waals surface area contributed by atoms with Gasteiger partial charge in [0.05, 0.1) is 11.2 Å². The van der Waals surface area contributed by atoms with Gasteiger partial charge < -0.3 is 0 Å². The van der Waals surface area contributed by atoms with Crippen LogP contribution in [0.2, 0.25) is 0 Å². The Balaban J connectivity index is 2.80.